The first-order valence-corrected chi connectivity index (χ1v) is 7.56. The number of hydrogen-bond donors (Lipinski definition) is 0. The topological polar surface area (TPSA) is 18.5 Å². The summed E-state index contributed by atoms with van der Waals surface area (Å²) in [5.41, 5.74) is 0.148. The summed E-state index contributed by atoms with van der Waals surface area (Å²) >= 11 is 2.46. The van der Waals surface area contributed by atoms with E-state index in [-0.39, 0.29) is 11.7 Å². The van der Waals surface area contributed by atoms with Crippen LogP contribution in [0.2, 0.25) is 0 Å². The van der Waals surface area contributed by atoms with E-state index in [1.807, 2.05) is 6.92 Å². The Hall–Kier alpha value is 0.650. The van der Waals surface area contributed by atoms with E-state index in [9.17, 15) is 0 Å². The van der Waals surface area contributed by atoms with Gasteiger partial charge in [0.05, 0.1) is 18.3 Å². The average Bonchev–Trinajstić information content (AvgIpc) is 2.27. The average molecular weight is 326 g/mol. The molecule has 1 atom stereocenters. The third-order valence-electron chi connectivity index (χ3n) is 3.02. The predicted molar refractivity (Wildman–Crippen MR) is 71.7 cm³/mol. The molecular weight excluding hydrogens is 303 g/mol. The molecule has 1 unspecified atom stereocenters. The highest BCUT2D eigenvalue weighted by molar-refractivity contribution is 14.1. The number of halogens is 1. The minimum absolute atomic E-state index is 0.148. The number of alkyl halides is 1. The minimum atomic E-state index is 0.148. The Balaban J connectivity index is 2.37. The number of rotatable bonds is 6. The molecule has 0 amide bonds. The fourth-order valence-electron chi connectivity index (χ4n) is 2.22. The largest absolute Gasteiger partial charge is 0.379 e. The third kappa shape index (κ3) is 4.57. The first-order valence-electron chi connectivity index (χ1n) is 6.04. The van der Waals surface area contributed by atoms with Gasteiger partial charge >= 0.3 is 0 Å². The van der Waals surface area contributed by atoms with Crippen LogP contribution in [0.1, 0.15) is 46.0 Å². The van der Waals surface area contributed by atoms with Crippen LogP contribution in [0.15, 0.2) is 0 Å². The number of hydrogen-bond acceptors (Lipinski definition) is 2. The standard InChI is InChI=1S/C12H23IO2/c1-3-14-9-11(2)15-12(10-13)7-5-4-6-8-12/h11H,3-10H2,1-2H3. The predicted octanol–water partition coefficient (Wildman–Crippen LogP) is 3.57. The van der Waals surface area contributed by atoms with Crippen LogP contribution in [0.5, 0.6) is 0 Å². The second kappa shape index (κ2) is 7.07. The van der Waals surface area contributed by atoms with Crippen molar-refractivity contribution >= 4 is 22.6 Å². The molecular formula is C12H23IO2. The van der Waals surface area contributed by atoms with Crippen molar-refractivity contribution in [2.75, 3.05) is 17.6 Å². The van der Waals surface area contributed by atoms with Gasteiger partial charge in [-0.2, -0.15) is 0 Å². The second-order valence-corrected chi connectivity index (χ2v) is 5.23. The summed E-state index contributed by atoms with van der Waals surface area (Å²) in [7, 11) is 0. The van der Waals surface area contributed by atoms with Crippen LogP contribution >= 0.6 is 22.6 Å². The normalized spacial score (nSPS) is 22.6. The van der Waals surface area contributed by atoms with Gasteiger partial charge in [-0.15, -0.1) is 0 Å². The molecule has 15 heavy (non-hydrogen) atoms. The quantitative estimate of drug-likeness (QED) is 0.549. The highest BCUT2D eigenvalue weighted by Crippen LogP contribution is 2.34. The van der Waals surface area contributed by atoms with Crippen molar-refractivity contribution < 1.29 is 9.47 Å². The number of ether oxygens (including phenoxy) is 2. The fraction of sp³-hybridized carbons (Fsp3) is 1.00. The van der Waals surface area contributed by atoms with E-state index >= 15 is 0 Å². The third-order valence-corrected chi connectivity index (χ3v) is 4.41. The first kappa shape index (κ1) is 13.7. The molecule has 90 valence electrons. The molecule has 0 saturated heterocycles. The van der Waals surface area contributed by atoms with E-state index in [0.717, 1.165) is 17.6 Å². The maximum atomic E-state index is 6.20. The molecule has 0 bridgehead atoms. The van der Waals surface area contributed by atoms with E-state index in [2.05, 4.69) is 29.5 Å². The molecule has 0 aromatic heterocycles. The molecule has 1 aliphatic carbocycles. The first-order chi connectivity index (χ1) is 7.22. The molecule has 0 aromatic rings. The fourth-order valence-corrected chi connectivity index (χ4v) is 3.17. The lowest BCUT2D eigenvalue weighted by Crippen LogP contribution is -2.40. The summed E-state index contributed by atoms with van der Waals surface area (Å²) in [6.45, 7) is 5.67. The summed E-state index contributed by atoms with van der Waals surface area (Å²) in [5.74, 6) is 0. The van der Waals surface area contributed by atoms with E-state index < -0.39 is 0 Å². The molecule has 1 saturated carbocycles. The Kier molecular flexibility index (Phi) is 6.46. The Morgan fingerprint density at radius 2 is 1.93 bits per heavy atom. The molecule has 0 heterocycles. The van der Waals surface area contributed by atoms with Crippen LogP contribution in [-0.2, 0) is 9.47 Å². The van der Waals surface area contributed by atoms with Gasteiger partial charge in [-0.25, -0.2) is 0 Å². The molecule has 2 nitrogen and oxygen atoms in total. The summed E-state index contributed by atoms with van der Waals surface area (Å²) in [6.07, 6.45) is 6.72. The summed E-state index contributed by atoms with van der Waals surface area (Å²) in [6, 6.07) is 0. The lowest BCUT2D eigenvalue weighted by atomic mass is 9.86. The molecule has 1 aliphatic rings. The monoisotopic (exact) mass is 326 g/mol. The Bertz CT molecular complexity index is 167. The highest BCUT2D eigenvalue weighted by atomic mass is 127. The van der Waals surface area contributed by atoms with Crippen molar-refractivity contribution in [3.05, 3.63) is 0 Å². The van der Waals surface area contributed by atoms with Crippen LogP contribution in [0, 0.1) is 0 Å². The summed E-state index contributed by atoms with van der Waals surface area (Å²) < 4.78 is 12.7. The van der Waals surface area contributed by atoms with Gasteiger partial charge in [0.1, 0.15) is 0 Å². The molecule has 3 heteroatoms. The molecule has 0 spiro atoms. The van der Waals surface area contributed by atoms with Gasteiger partial charge in [-0.1, -0.05) is 41.9 Å². The van der Waals surface area contributed by atoms with Crippen LogP contribution in [-0.4, -0.2) is 29.3 Å². The van der Waals surface area contributed by atoms with E-state index in [4.69, 9.17) is 9.47 Å². The highest BCUT2D eigenvalue weighted by Gasteiger charge is 2.33. The van der Waals surface area contributed by atoms with Gasteiger partial charge in [0.25, 0.3) is 0 Å². The zero-order valence-electron chi connectivity index (χ0n) is 9.93. The van der Waals surface area contributed by atoms with Crippen LogP contribution < -0.4 is 0 Å². The van der Waals surface area contributed by atoms with E-state index in [0.29, 0.717) is 0 Å². The van der Waals surface area contributed by atoms with Gasteiger partial charge in [-0.3, -0.25) is 0 Å². The van der Waals surface area contributed by atoms with Crippen molar-refractivity contribution in [3.8, 4) is 0 Å². The van der Waals surface area contributed by atoms with Crippen LogP contribution in [0.25, 0.3) is 0 Å². The molecule has 0 N–H and O–H groups in total. The lowest BCUT2D eigenvalue weighted by molar-refractivity contribution is -0.113. The van der Waals surface area contributed by atoms with Crippen LogP contribution in [0.4, 0.5) is 0 Å². The Morgan fingerprint density at radius 3 is 2.47 bits per heavy atom. The van der Waals surface area contributed by atoms with Gasteiger partial charge in [0, 0.05) is 11.0 Å². The molecule has 0 aliphatic heterocycles. The van der Waals surface area contributed by atoms with E-state index in [1.54, 1.807) is 0 Å². The molecule has 1 rings (SSSR count). The maximum Gasteiger partial charge on any atom is 0.0788 e. The van der Waals surface area contributed by atoms with Crippen molar-refractivity contribution in [3.63, 3.8) is 0 Å². The Labute approximate surface area is 107 Å². The SMILES string of the molecule is CCOCC(C)OC1(CI)CCCCC1. The minimum Gasteiger partial charge on any atom is -0.379 e. The second-order valence-electron chi connectivity index (χ2n) is 4.47. The van der Waals surface area contributed by atoms with Gasteiger partial charge in [0.2, 0.25) is 0 Å². The smallest absolute Gasteiger partial charge is 0.0788 e. The van der Waals surface area contributed by atoms with E-state index in [1.165, 1.54) is 32.1 Å². The van der Waals surface area contributed by atoms with Gasteiger partial charge in [-0.05, 0) is 26.7 Å². The molecule has 1 fully saturated rings. The van der Waals surface area contributed by atoms with Crippen molar-refractivity contribution in [2.45, 2.75) is 57.7 Å². The van der Waals surface area contributed by atoms with Gasteiger partial charge < -0.3 is 9.47 Å². The van der Waals surface area contributed by atoms with Crippen LogP contribution in [0.3, 0.4) is 0 Å². The lowest BCUT2D eigenvalue weighted by Gasteiger charge is -2.38. The summed E-state index contributed by atoms with van der Waals surface area (Å²) in [5, 5.41) is 0. The molecule has 0 aromatic carbocycles. The maximum absolute atomic E-state index is 6.20. The van der Waals surface area contributed by atoms with Crippen molar-refractivity contribution in [1.82, 2.24) is 0 Å². The molecule has 0 radical (unpaired) electrons. The Morgan fingerprint density at radius 1 is 1.27 bits per heavy atom. The summed E-state index contributed by atoms with van der Waals surface area (Å²) in [4.78, 5) is 0. The zero-order chi connectivity index (χ0) is 11.1. The zero-order valence-corrected chi connectivity index (χ0v) is 12.1. The van der Waals surface area contributed by atoms with Crippen molar-refractivity contribution in [1.29, 1.82) is 0 Å². The van der Waals surface area contributed by atoms with Gasteiger partial charge in [0.15, 0.2) is 0 Å². The van der Waals surface area contributed by atoms with Crippen molar-refractivity contribution in [2.24, 2.45) is 0 Å².